The minimum absolute atomic E-state index is 0.297. The van der Waals surface area contributed by atoms with Crippen molar-refractivity contribution >= 4 is 11.9 Å². The zero-order valence-electron chi connectivity index (χ0n) is 16.6. The fourth-order valence-electron chi connectivity index (χ4n) is 4.96. The molecule has 3 aliphatic rings. The summed E-state index contributed by atoms with van der Waals surface area (Å²) < 4.78 is 0. The summed E-state index contributed by atoms with van der Waals surface area (Å²) in [6.07, 6.45) is 15.4. The van der Waals surface area contributed by atoms with Crippen molar-refractivity contribution in [3.8, 4) is 0 Å². The van der Waals surface area contributed by atoms with E-state index in [4.69, 9.17) is 0 Å². The van der Waals surface area contributed by atoms with Gasteiger partial charge in [-0.2, -0.15) is 0 Å². The zero-order chi connectivity index (χ0) is 18.2. The highest BCUT2D eigenvalue weighted by Crippen LogP contribution is 2.29. The maximum absolute atomic E-state index is 12.6. The van der Waals surface area contributed by atoms with E-state index >= 15 is 0 Å². The molecule has 5 heteroatoms. The van der Waals surface area contributed by atoms with E-state index in [0.29, 0.717) is 17.9 Å². The lowest BCUT2D eigenvalue weighted by Crippen LogP contribution is -2.45. The van der Waals surface area contributed by atoms with Crippen LogP contribution in [-0.4, -0.2) is 49.5 Å². The molecule has 148 valence electrons. The Bertz CT molecular complexity index is 467. The second-order valence-corrected chi connectivity index (χ2v) is 8.54. The number of hydrogen-bond donors (Lipinski definition) is 2. The van der Waals surface area contributed by atoms with Gasteiger partial charge in [-0.3, -0.25) is 9.79 Å². The number of carbonyl (C=O) groups is 1. The van der Waals surface area contributed by atoms with Crippen LogP contribution in [0.15, 0.2) is 4.99 Å². The van der Waals surface area contributed by atoms with Crippen LogP contribution in [0.4, 0.5) is 0 Å². The second-order valence-electron chi connectivity index (χ2n) is 8.54. The van der Waals surface area contributed by atoms with Crippen molar-refractivity contribution in [2.24, 2.45) is 16.8 Å². The summed E-state index contributed by atoms with van der Waals surface area (Å²) in [4.78, 5) is 19.0. The first-order valence-electron chi connectivity index (χ1n) is 11.0. The molecule has 1 amide bonds. The van der Waals surface area contributed by atoms with Crippen molar-refractivity contribution in [2.45, 2.75) is 83.1 Å². The maximum atomic E-state index is 12.6. The third kappa shape index (κ3) is 5.62. The van der Waals surface area contributed by atoms with Crippen LogP contribution in [0.25, 0.3) is 0 Å². The molecule has 0 spiro atoms. The molecule has 2 N–H and O–H groups in total. The van der Waals surface area contributed by atoms with Crippen LogP contribution in [0.3, 0.4) is 0 Å². The van der Waals surface area contributed by atoms with E-state index in [1.165, 1.54) is 57.8 Å². The van der Waals surface area contributed by atoms with Crippen LogP contribution in [-0.2, 0) is 4.79 Å². The topological polar surface area (TPSA) is 56.7 Å². The summed E-state index contributed by atoms with van der Waals surface area (Å²) >= 11 is 0. The quantitative estimate of drug-likeness (QED) is 0.415. The first-order valence-corrected chi connectivity index (χ1v) is 11.0. The first kappa shape index (κ1) is 19.5. The Labute approximate surface area is 159 Å². The van der Waals surface area contributed by atoms with E-state index in [9.17, 15) is 4.79 Å². The first-order chi connectivity index (χ1) is 12.8. The number of carbonyl (C=O) groups excluding carboxylic acids is 1. The van der Waals surface area contributed by atoms with E-state index in [1.807, 2.05) is 7.05 Å². The van der Waals surface area contributed by atoms with Gasteiger partial charge in [0.15, 0.2) is 5.96 Å². The normalized spacial score (nSPS) is 25.2. The van der Waals surface area contributed by atoms with Crippen molar-refractivity contribution in [3.63, 3.8) is 0 Å². The molecular weight excluding hydrogens is 324 g/mol. The third-order valence-corrected chi connectivity index (χ3v) is 6.58. The molecule has 3 fully saturated rings. The largest absolute Gasteiger partial charge is 0.356 e. The molecule has 1 heterocycles. The lowest BCUT2D eigenvalue weighted by atomic mass is 10.0. The van der Waals surface area contributed by atoms with Gasteiger partial charge in [-0.15, -0.1) is 0 Å². The number of guanidine groups is 1. The Morgan fingerprint density at radius 1 is 1.04 bits per heavy atom. The molecular formula is C21H38N4O. The predicted molar refractivity (Wildman–Crippen MR) is 107 cm³/mol. The minimum Gasteiger partial charge on any atom is -0.356 e. The highest BCUT2D eigenvalue weighted by Gasteiger charge is 2.32. The van der Waals surface area contributed by atoms with Gasteiger partial charge in [-0.05, 0) is 31.6 Å². The highest BCUT2D eigenvalue weighted by atomic mass is 16.2. The summed E-state index contributed by atoms with van der Waals surface area (Å²) in [5.74, 6) is 2.58. The molecule has 2 aliphatic carbocycles. The van der Waals surface area contributed by atoms with Crippen molar-refractivity contribution in [3.05, 3.63) is 0 Å². The van der Waals surface area contributed by atoms with E-state index < -0.39 is 0 Å². The van der Waals surface area contributed by atoms with Crippen molar-refractivity contribution in [1.82, 2.24) is 15.5 Å². The van der Waals surface area contributed by atoms with Crippen LogP contribution in [0.1, 0.15) is 77.0 Å². The molecule has 1 unspecified atom stereocenters. The molecule has 5 nitrogen and oxygen atoms in total. The third-order valence-electron chi connectivity index (χ3n) is 6.58. The number of rotatable bonds is 7. The van der Waals surface area contributed by atoms with E-state index in [0.717, 1.165) is 50.8 Å². The number of nitrogens with zero attached hydrogens (tertiary/aromatic N) is 2. The molecule has 1 atom stereocenters. The number of unbranched alkanes of at least 4 members (excludes halogenated alkanes) is 1. The Morgan fingerprint density at radius 3 is 2.50 bits per heavy atom. The van der Waals surface area contributed by atoms with Crippen LogP contribution in [0.2, 0.25) is 0 Å². The molecule has 2 saturated carbocycles. The molecule has 3 rings (SSSR count). The summed E-state index contributed by atoms with van der Waals surface area (Å²) in [6, 6.07) is 0.338. The number of aliphatic imine (C=N–C) groups is 1. The minimum atomic E-state index is 0.297. The van der Waals surface area contributed by atoms with Crippen LogP contribution < -0.4 is 10.6 Å². The van der Waals surface area contributed by atoms with Gasteiger partial charge in [-0.25, -0.2) is 0 Å². The maximum Gasteiger partial charge on any atom is 0.225 e. The summed E-state index contributed by atoms with van der Waals surface area (Å²) in [7, 11) is 1.84. The van der Waals surface area contributed by atoms with Crippen molar-refractivity contribution in [2.75, 3.05) is 26.7 Å². The Kier molecular flexibility index (Phi) is 7.63. The van der Waals surface area contributed by atoms with Crippen molar-refractivity contribution in [1.29, 1.82) is 0 Å². The monoisotopic (exact) mass is 362 g/mol. The van der Waals surface area contributed by atoms with Gasteiger partial charge in [-0.1, -0.05) is 51.4 Å². The van der Waals surface area contributed by atoms with Gasteiger partial charge in [0.25, 0.3) is 0 Å². The number of likely N-dealkylation sites (tertiary alicyclic amines) is 1. The molecule has 0 bridgehead atoms. The van der Waals surface area contributed by atoms with Gasteiger partial charge in [0.2, 0.25) is 5.91 Å². The van der Waals surface area contributed by atoms with Gasteiger partial charge in [0, 0.05) is 38.6 Å². The molecule has 26 heavy (non-hydrogen) atoms. The van der Waals surface area contributed by atoms with Crippen LogP contribution in [0.5, 0.6) is 0 Å². The molecule has 0 aromatic carbocycles. The van der Waals surface area contributed by atoms with Gasteiger partial charge >= 0.3 is 0 Å². The summed E-state index contributed by atoms with van der Waals surface area (Å²) in [5, 5.41) is 6.97. The SMILES string of the molecule is CN=C(NCCCCC1CCCC1)NC1CCN(C(=O)C2CCCC2)C1. The Morgan fingerprint density at radius 2 is 1.77 bits per heavy atom. The average molecular weight is 363 g/mol. The molecule has 1 saturated heterocycles. The molecule has 1 aliphatic heterocycles. The smallest absolute Gasteiger partial charge is 0.225 e. The van der Waals surface area contributed by atoms with Crippen molar-refractivity contribution < 1.29 is 4.79 Å². The summed E-state index contributed by atoms with van der Waals surface area (Å²) in [5.41, 5.74) is 0. The zero-order valence-corrected chi connectivity index (χ0v) is 16.6. The highest BCUT2D eigenvalue weighted by molar-refractivity contribution is 5.81. The summed E-state index contributed by atoms with van der Waals surface area (Å²) in [6.45, 7) is 2.72. The van der Waals surface area contributed by atoms with E-state index in [-0.39, 0.29) is 0 Å². The molecule has 0 aromatic rings. The number of nitrogens with one attached hydrogen (secondary N) is 2. The van der Waals surface area contributed by atoms with Gasteiger partial charge < -0.3 is 15.5 Å². The fourth-order valence-corrected chi connectivity index (χ4v) is 4.96. The Balaban J connectivity index is 1.30. The predicted octanol–water partition coefficient (Wildman–Crippen LogP) is 3.30. The molecule has 0 aromatic heterocycles. The average Bonchev–Trinajstić information content (AvgIpc) is 3.42. The standard InChI is InChI=1S/C21H38N4O/c1-22-21(23-14-7-6-10-17-8-2-3-9-17)24-19-13-15-25(16-19)20(26)18-11-4-5-12-18/h17-19H,2-16H2,1H3,(H2,22,23,24). The Hall–Kier alpha value is -1.26. The van der Waals surface area contributed by atoms with E-state index in [2.05, 4.69) is 20.5 Å². The lowest BCUT2D eigenvalue weighted by Gasteiger charge is -2.21. The van der Waals surface area contributed by atoms with Crippen LogP contribution >= 0.6 is 0 Å². The van der Waals surface area contributed by atoms with Crippen LogP contribution in [0, 0.1) is 11.8 Å². The van der Waals surface area contributed by atoms with Gasteiger partial charge in [0.1, 0.15) is 0 Å². The van der Waals surface area contributed by atoms with Gasteiger partial charge in [0.05, 0.1) is 0 Å². The fraction of sp³-hybridized carbons (Fsp3) is 0.905. The molecule has 0 radical (unpaired) electrons. The van der Waals surface area contributed by atoms with E-state index in [1.54, 1.807) is 0 Å². The second kappa shape index (κ2) is 10.2. The lowest BCUT2D eigenvalue weighted by molar-refractivity contribution is -0.134. The number of hydrogen-bond acceptors (Lipinski definition) is 2. The number of amides is 1.